The Morgan fingerprint density at radius 3 is 2.74 bits per heavy atom. The van der Waals surface area contributed by atoms with E-state index >= 15 is 0 Å². The number of sulfone groups is 1. The van der Waals surface area contributed by atoms with Gasteiger partial charge in [-0.3, -0.25) is 4.90 Å². The molecule has 2 aliphatic heterocycles. The van der Waals surface area contributed by atoms with E-state index in [-0.39, 0.29) is 4.90 Å². The maximum atomic E-state index is 12.1. The van der Waals surface area contributed by atoms with Gasteiger partial charge in [-0.05, 0) is 11.6 Å². The Kier molecular flexibility index (Phi) is 3.08. The number of piperazine rings is 1. The largest absolute Gasteiger partial charge is 0.398 e. The van der Waals surface area contributed by atoms with Crippen molar-refractivity contribution in [3.8, 4) is 0 Å². The Morgan fingerprint density at radius 2 is 2.00 bits per heavy atom. The molecule has 1 aromatic rings. The SMILES string of the molecule is Nc1cccc2c1S(=O)(=O)C=C2CN1CCNCC1. The zero-order valence-corrected chi connectivity index (χ0v) is 11.4. The van der Waals surface area contributed by atoms with E-state index in [2.05, 4.69) is 10.2 Å². The van der Waals surface area contributed by atoms with E-state index < -0.39 is 9.84 Å². The van der Waals surface area contributed by atoms with E-state index in [0.717, 1.165) is 37.3 Å². The number of hydrogen-bond acceptors (Lipinski definition) is 5. The number of nitrogen functional groups attached to an aromatic ring is 1. The standard InChI is InChI=1S/C13H17N3O2S/c14-12-3-1-2-11-10(9-19(17,18)13(11)12)8-16-6-4-15-5-7-16/h1-3,9,15H,4-8,14H2. The van der Waals surface area contributed by atoms with Crippen molar-refractivity contribution in [3.63, 3.8) is 0 Å². The molecular formula is C13H17N3O2S. The van der Waals surface area contributed by atoms with Crippen molar-refractivity contribution in [2.45, 2.75) is 4.90 Å². The first-order chi connectivity index (χ1) is 9.08. The van der Waals surface area contributed by atoms with Gasteiger partial charge >= 0.3 is 0 Å². The van der Waals surface area contributed by atoms with Gasteiger partial charge in [0.15, 0.2) is 0 Å². The van der Waals surface area contributed by atoms with Crippen LogP contribution in [0.4, 0.5) is 5.69 Å². The fourth-order valence-electron chi connectivity index (χ4n) is 2.67. The molecule has 102 valence electrons. The van der Waals surface area contributed by atoms with Crippen molar-refractivity contribution in [1.29, 1.82) is 0 Å². The lowest BCUT2D eigenvalue weighted by molar-refractivity contribution is 0.268. The van der Waals surface area contributed by atoms with Gasteiger partial charge in [0.1, 0.15) is 4.90 Å². The van der Waals surface area contributed by atoms with Crippen LogP contribution in [0.2, 0.25) is 0 Å². The van der Waals surface area contributed by atoms with Crippen molar-refractivity contribution in [2.75, 3.05) is 38.5 Å². The highest BCUT2D eigenvalue weighted by atomic mass is 32.2. The molecule has 3 rings (SSSR count). The van der Waals surface area contributed by atoms with Crippen molar-refractivity contribution in [3.05, 3.63) is 29.2 Å². The maximum Gasteiger partial charge on any atom is 0.202 e. The van der Waals surface area contributed by atoms with E-state index in [1.54, 1.807) is 12.1 Å². The number of anilines is 1. The van der Waals surface area contributed by atoms with Crippen LogP contribution in [-0.4, -0.2) is 46.0 Å². The first-order valence-electron chi connectivity index (χ1n) is 6.35. The van der Waals surface area contributed by atoms with E-state index in [1.165, 1.54) is 5.41 Å². The molecule has 0 bridgehead atoms. The smallest absolute Gasteiger partial charge is 0.202 e. The summed E-state index contributed by atoms with van der Waals surface area (Å²) in [4.78, 5) is 2.54. The lowest BCUT2D eigenvalue weighted by Gasteiger charge is -2.27. The highest BCUT2D eigenvalue weighted by Gasteiger charge is 2.29. The predicted molar refractivity (Wildman–Crippen MR) is 75.3 cm³/mol. The molecule has 0 unspecified atom stereocenters. The Bertz CT molecular complexity index is 631. The van der Waals surface area contributed by atoms with Crippen molar-refractivity contribution in [1.82, 2.24) is 10.2 Å². The quantitative estimate of drug-likeness (QED) is 0.762. The Balaban J connectivity index is 1.94. The Labute approximate surface area is 113 Å². The minimum absolute atomic E-state index is 0.278. The highest BCUT2D eigenvalue weighted by Crippen LogP contribution is 2.37. The average Bonchev–Trinajstić information content (AvgIpc) is 2.63. The highest BCUT2D eigenvalue weighted by molar-refractivity contribution is 7.95. The summed E-state index contributed by atoms with van der Waals surface area (Å²) >= 11 is 0. The lowest BCUT2D eigenvalue weighted by atomic mass is 10.1. The number of nitrogens with two attached hydrogens (primary N) is 1. The summed E-state index contributed by atoms with van der Waals surface area (Å²) in [6, 6.07) is 5.28. The zero-order valence-electron chi connectivity index (χ0n) is 10.6. The molecule has 1 saturated heterocycles. The van der Waals surface area contributed by atoms with Crippen LogP contribution in [0, 0.1) is 0 Å². The zero-order chi connectivity index (χ0) is 13.5. The Hall–Kier alpha value is -1.37. The van der Waals surface area contributed by atoms with E-state index in [0.29, 0.717) is 12.2 Å². The molecule has 0 atom stereocenters. The van der Waals surface area contributed by atoms with Gasteiger partial charge in [-0.15, -0.1) is 0 Å². The van der Waals surface area contributed by atoms with Gasteiger partial charge in [0, 0.05) is 43.7 Å². The molecule has 1 fully saturated rings. The molecule has 19 heavy (non-hydrogen) atoms. The molecule has 6 heteroatoms. The van der Waals surface area contributed by atoms with E-state index in [4.69, 9.17) is 5.73 Å². The second-order valence-corrected chi connectivity index (χ2v) is 6.67. The minimum atomic E-state index is -3.37. The molecular weight excluding hydrogens is 262 g/mol. The summed E-state index contributed by atoms with van der Waals surface area (Å²) in [5.74, 6) is 0. The predicted octanol–water partition coefficient (Wildman–Crippen LogP) is 0.302. The fourth-order valence-corrected chi connectivity index (χ4v) is 4.26. The van der Waals surface area contributed by atoms with Crippen molar-refractivity contribution < 1.29 is 8.42 Å². The van der Waals surface area contributed by atoms with Gasteiger partial charge in [-0.1, -0.05) is 12.1 Å². The molecule has 5 nitrogen and oxygen atoms in total. The lowest BCUT2D eigenvalue weighted by Crippen LogP contribution is -2.43. The summed E-state index contributed by atoms with van der Waals surface area (Å²) in [5, 5.41) is 4.66. The van der Waals surface area contributed by atoms with Gasteiger partial charge in [0.2, 0.25) is 9.84 Å². The van der Waals surface area contributed by atoms with Gasteiger partial charge < -0.3 is 11.1 Å². The fraction of sp³-hybridized carbons (Fsp3) is 0.385. The first kappa shape index (κ1) is 12.7. The second kappa shape index (κ2) is 4.63. The van der Waals surface area contributed by atoms with Crippen LogP contribution >= 0.6 is 0 Å². The first-order valence-corrected chi connectivity index (χ1v) is 7.90. The van der Waals surface area contributed by atoms with Crippen LogP contribution in [0.25, 0.3) is 5.57 Å². The summed E-state index contributed by atoms with van der Waals surface area (Å²) in [7, 11) is -3.37. The summed E-state index contributed by atoms with van der Waals surface area (Å²) in [6.07, 6.45) is 0. The van der Waals surface area contributed by atoms with Crippen molar-refractivity contribution >= 4 is 21.1 Å². The van der Waals surface area contributed by atoms with Crippen LogP contribution in [0.15, 0.2) is 28.5 Å². The number of benzene rings is 1. The third-order valence-electron chi connectivity index (χ3n) is 3.58. The number of rotatable bonds is 2. The third-order valence-corrected chi connectivity index (χ3v) is 5.20. The van der Waals surface area contributed by atoms with Crippen LogP contribution < -0.4 is 11.1 Å². The maximum absolute atomic E-state index is 12.1. The van der Waals surface area contributed by atoms with Crippen molar-refractivity contribution in [2.24, 2.45) is 0 Å². The number of nitrogens with one attached hydrogen (secondary N) is 1. The topological polar surface area (TPSA) is 75.4 Å². The summed E-state index contributed by atoms with van der Waals surface area (Å²) in [5.41, 5.74) is 7.76. The van der Waals surface area contributed by atoms with Gasteiger partial charge in [-0.2, -0.15) is 0 Å². The van der Waals surface area contributed by atoms with Gasteiger partial charge in [0.25, 0.3) is 0 Å². The molecule has 1 aromatic carbocycles. The van der Waals surface area contributed by atoms with E-state index in [9.17, 15) is 8.42 Å². The van der Waals surface area contributed by atoms with E-state index in [1.807, 2.05) is 6.07 Å². The van der Waals surface area contributed by atoms with Crippen LogP contribution in [0.1, 0.15) is 5.56 Å². The van der Waals surface area contributed by atoms with Gasteiger partial charge in [-0.25, -0.2) is 8.42 Å². The van der Waals surface area contributed by atoms with Crippen LogP contribution in [0.5, 0.6) is 0 Å². The summed E-state index contributed by atoms with van der Waals surface area (Å²) in [6.45, 7) is 4.44. The molecule has 0 saturated carbocycles. The molecule has 2 aliphatic rings. The summed E-state index contributed by atoms with van der Waals surface area (Å²) < 4.78 is 24.3. The normalized spacial score (nSPS) is 22.0. The number of nitrogens with zero attached hydrogens (tertiary/aromatic N) is 1. The van der Waals surface area contributed by atoms with Crippen LogP contribution in [-0.2, 0) is 9.84 Å². The number of fused-ring (bicyclic) bond motifs is 1. The molecule has 0 spiro atoms. The monoisotopic (exact) mass is 279 g/mol. The molecule has 2 heterocycles. The number of hydrogen-bond donors (Lipinski definition) is 2. The molecule has 3 N–H and O–H groups in total. The minimum Gasteiger partial charge on any atom is -0.398 e. The van der Waals surface area contributed by atoms with Crippen LogP contribution in [0.3, 0.4) is 0 Å². The second-order valence-electron chi connectivity index (χ2n) is 4.94. The van der Waals surface area contributed by atoms with Gasteiger partial charge in [0.05, 0.1) is 5.69 Å². The third kappa shape index (κ3) is 2.27. The molecule has 0 amide bonds. The molecule has 0 aliphatic carbocycles. The average molecular weight is 279 g/mol. The Morgan fingerprint density at radius 1 is 1.26 bits per heavy atom. The molecule has 0 aromatic heterocycles. The molecule has 0 radical (unpaired) electrons.